The van der Waals surface area contributed by atoms with E-state index in [1.165, 1.54) is 6.08 Å². The van der Waals surface area contributed by atoms with Gasteiger partial charge in [-0.2, -0.15) is 5.10 Å². The quantitative estimate of drug-likeness (QED) is 0.379. The van der Waals surface area contributed by atoms with Gasteiger partial charge in [-0.3, -0.25) is 30.3 Å². The Hall–Kier alpha value is -4.20. The van der Waals surface area contributed by atoms with Crippen molar-refractivity contribution in [2.45, 2.75) is 0 Å². The number of hydrogen-bond donors (Lipinski definition) is 4. The van der Waals surface area contributed by atoms with Crippen molar-refractivity contribution in [3.8, 4) is 11.3 Å². The lowest BCUT2D eigenvalue weighted by Crippen LogP contribution is -2.46. The minimum absolute atomic E-state index is 0.194. The summed E-state index contributed by atoms with van der Waals surface area (Å²) in [6, 6.07) is 20.2. The maximum Gasteiger partial charge on any atom is 0.287 e. The Morgan fingerprint density at radius 1 is 0.931 bits per heavy atom. The highest BCUT2D eigenvalue weighted by atomic mass is 16.2. The van der Waals surface area contributed by atoms with Crippen molar-refractivity contribution in [1.82, 2.24) is 26.4 Å². The summed E-state index contributed by atoms with van der Waals surface area (Å²) in [5.74, 6) is -1.54. The van der Waals surface area contributed by atoms with Gasteiger partial charge in [-0.25, -0.2) is 0 Å². The van der Waals surface area contributed by atoms with Crippen LogP contribution in [0.1, 0.15) is 16.1 Å². The number of carbonyl (C=O) groups is 3. The summed E-state index contributed by atoms with van der Waals surface area (Å²) in [7, 11) is 0. The van der Waals surface area contributed by atoms with Gasteiger partial charge in [-0.05, 0) is 17.7 Å². The van der Waals surface area contributed by atoms with Gasteiger partial charge < -0.3 is 5.32 Å². The first-order valence-electron chi connectivity index (χ1n) is 8.83. The monoisotopic (exact) mass is 389 g/mol. The van der Waals surface area contributed by atoms with Crippen molar-refractivity contribution in [2.24, 2.45) is 0 Å². The van der Waals surface area contributed by atoms with Crippen molar-refractivity contribution in [2.75, 3.05) is 6.54 Å². The van der Waals surface area contributed by atoms with Crippen molar-refractivity contribution >= 4 is 23.8 Å². The lowest BCUT2D eigenvalue weighted by atomic mass is 10.1. The van der Waals surface area contributed by atoms with Crippen LogP contribution in [0.4, 0.5) is 0 Å². The largest absolute Gasteiger partial charge is 0.343 e. The first kappa shape index (κ1) is 19.6. The van der Waals surface area contributed by atoms with Gasteiger partial charge in [0.15, 0.2) is 0 Å². The number of rotatable bonds is 6. The molecule has 8 heteroatoms. The molecule has 0 saturated carbocycles. The third-order valence-electron chi connectivity index (χ3n) is 3.86. The van der Waals surface area contributed by atoms with Gasteiger partial charge in [-0.15, -0.1) is 0 Å². The molecule has 1 aromatic heterocycles. The predicted molar refractivity (Wildman–Crippen MR) is 108 cm³/mol. The third kappa shape index (κ3) is 5.90. The maximum atomic E-state index is 12.1. The van der Waals surface area contributed by atoms with Crippen molar-refractivity contribution in [3.63, 3.8) is 0 Å². The van der Waals surface area contributed by atoms with Gasteiger partial charge in [0, 0.05) is 11.6 Å². The van der Waals surface area contributed by atoms with Crippen LogP contribution in [0, 0.1) is 0 Å². The zero-order valence-corrected chi connectivity index (χ0v) is 15.4. The first-order valence-corrected chi connectivity index (χ1v) is 8.83. The average Bonchev–Trinajstić information content (AvgIpc) is 3.26. The van der Waals surface area contributed by atoms with Crippen LogP contribution in [0.2, 0.25) is 0 Å². The standard InChI is InChI=1S/C21H19N5O3/c27-19(12-11-15-7-3-1-4-8-15)22-14-20(28)25-26-21(29)18-13-17(23-24-18)16-9-5-2-6-10-16/h1-13H,14H2,(H,22,27)(H,23,24)(H,25,28)(H,26,29)/b12-11+. The molecule has 0 aliphatic carbocycles. The Morgan fingerprint density at radius 3 is 2.34 bits per heavy atom. The topological polar surface area (TPSA) is 116 Å². The van der Waals surface area contributed by atoms with Crippen LogP contribution in [0.3, 0.4) is 0 Å². The molecular formula is C21H19N5O3. The van der Waals surface area contributed by atoms with Gasteiger partial charge in [-0.1, -0.05) is 60.7 Å². The van der Waals surface area contributed by atoms with E-state index in [0.29, 0.717) is 5.69 Å². The molecule has 29 heavy (non-hydrogen) atoms. The fourth-order valence-electron chi connectivity index (χ4n) is 2.40. The van der Waals surface area contributed by atoms with E-state index in [0.717, 1.165) is 11.1 Å². The number of nitrogens with zero attached hydrogens (tertiary/aromatic N) is 1. The van der Waals surface area contributed by atoms with E-state index in [1.807, 2.05) is 60.7 Å². The number of nitrogens with one attached hydrogen (secondary N) is 4. The molecule has 0 saturated heterocycles. The van der Waals surface area contributed by atoms with Gasteiger partial charge in [0.05, 0.1) is 12.2 Å². The van der Waals surface area contributed by atoms with E-state index in [-0.39, 0.29) is 12.2 Å². The highest BCUT2D eigenvalue weighted by Gasteiger charge is 2.12. The van der Waals surface area contributed by atoms with E-state index in [9.17, 15) is 14.4 Å². The lowest BCUT2D eigenvalue weighted by molar-refractivity contribution is -0.124. The normalized spacial score (nSPS) is 10.5. The fraction of sp³-hybridized carbons (Fsp3) is 0.0476. The Balaban J connectivity index is 1.42. The second-order valence-electron chi connectivity index (χ2n) is 6.00. The van der Waals surface area contributed by atoms with E-state index in [2.05, 4.69) is 26.4 Å². The number of aromatic nitrogens is 2. The second kappa shape index (κ2) is 9.65. The zero-order chi connectivity index (χ0) is 20.5. The number of hydrazine groups is 1. The smallest absolute Gasteiger partial charge is 0.287 e. The summed E-state index contributed by atoms with van der Waals surface area (Å²) in [6.07, 6.45) is 2.97. The molecule has 0 radical (unpaired) electrons. The summed E-state index contributed by atoms with van der Waals surface area (Å²) in [5, 5.41) is 9.13. The summed E-state index contributed by atoms with van der Waals surface area (Å²) in [6.45, 7) is -0.281. The molecule has 4 N–H and O–H groups in total. The summed E-state index contributed by atoms with van der Waals surface area (Å²) < 4.78 is 0. The molecule has 2 aromatic carbocycles. The Kier molecular flexibility index (Phi) is 6.51. The Bertz CT molecular complexity index is 1010. The summed E-state index contributed by atoms with van der Waals surface area (Å²) in [5.41, 5.74) is 7.03. The number of carbonyl (C=O) groups excluding carboxylic acids is 3. The predicted octanol–water partition coefficient (Wildman–Crippen LogP) is 1.67. The van der Waals surface area contributed by atoms with Crippen LogP contribution in [-0.4, -0.2) is 34.5 Å². The highest BCUT2D eigenvalue weighted by Crippen LogP contribution is 2.16. The van der Waals surface area contributed by atoms with Crippen molar-refractivity contribution in [1.29, 1.82) is 0 Å². The average molecular weight is 389 g/mol. The van der Waals surface area contributed by atoms with Crippen LogP contribution >= 0.6 is 0 Å². The molecule has 0 aliphatic rings. The van der Waals surface area contributed by atoms with Crippen LogP contribution in [0.5, 0.6) is 0 Å². The van der Waals surface area contributed by atoms with E-state index >= 15 is 0 Å². The molecule has 1 heterocycles. The number of benzene rings is 2. The lowest BCUT2D eigenvalue weighted by Gasteiger charge is -2.06. The Morgan fingerprint density at radius 2 is 1.62 bits per heavy atom. The summed E-state index contributed by atoms with van der Waals surface area (Å²) in [4.78, 5) is 35.6. The summed E-state index contributed by atoms with van der Waals surface area (Å²) >= 11 is 0. The maximum absolute atomic E-state index is 12.1. The minimum atomic E-state index is -0.567. The molecule has 3 aromatic rings. The second-order valence-corrected chi connectivity index (χ2v) is 6.00. The fourth-order valence-corrected chi connectivity index (χ4v) is 2.40. The number of amides is 3. The number of aromatic amines is 1. The molecule has 0 aliphatic heterocycles. The third-order valence-corrected chi connectivity index (χ3v) is 3.86. The van der Waals surface area contributed by atoms with E-state index in [1.54, 1.807) is 12.1 Å². The molecule has 0 fully saturated rings. The molecule has 0 unspecified atom stereocenters. The van der Waals surface area contributed by atoms with Gasteiger partial charge in [0.1, 0.15) is 5.69 Å². The first-order chi connectivity index (χ1) is 14.1. The molecule has 3 rings (SSSR count). The molecule has 146 valence electrons. The molecular weight excluding hydrogens is 370 g/mol. The van der Waals surface area contributed by atoms with Gasteiger partial charge in [0.25, 0.3) is 11.8 Å². The van der Waals surface area contributed by atoms with Crippen LogP contribution in [-0.2, 0) is 9.59 Å². The zero-order valence-electron chi connectivity index (χ0n) is 15.4. The van der Waals surface area contributed by atoms with E-state index in [4.69, 9.17) is 0 Å². The van der Waals surface area contributed by atoms with Crippen LogP contribution in [0.15, 0.2) is 72.8 Å². The molecule has 0 spiro atoms. The number of H-pyrrole nitrogens is 1. The molecule has 0 bridgehead atoms. The molecule has 8 nitrogen and oxygen atoms in total. The van der Waals surface area contributed by atoms with E-state index < -0.39 is 17.7 Å². The molecule has 3 amide bonds. The van der Waals surface area contributed by atoms with Gasteiger partial charge in [0.2, 0.25) is 5.91 Å². The minimum Gasteiger partial charge on any atom is -0.343 e. The molecule has 0 atom stereocenters. The number of hydrogen-bond acceptors (Lipinski definition) is 4. The van der Waals surface area contributed by atoms with Crippen molar-refractivity contribution in [3.05, 3.63) is 84.1 Å². The van der Waals surface area contributed by atoms with Gasteiger partial charge >= 0.3 is 0 Å². The SMILES string of the molecule is O=C(/C=C/c1ccccc1)NCC(=O)NNC(=O)c1cc(-c2ccccc2)n[nH]1. The van der Waals surface area contributed by atoms with Crippen molar-refractivity contribution < 1.29 is 14.4 Å². The highest BCUT2D eigenvalue weighted by molar-refractivity contribution is 5.96. The van der Waals surface area contributed by atoms with Crippen LogP contribution in [0.25, 0.3) is 17.3 Å². The van der Waals surface area contributed by atoms with Crippen LogP contribution < -0.4 is 16.2 Å². The Labute approximate surface area is 167 Å².